The van der Waals surface area contributed by atoms with Gasteiger partial charge < -0.3 is 75.0 Å². The first-order valence-corrected chi connectivity index (χ1v) is 25.5. The number of phenolic OH excluding ortho intramolecular Hbond substituents is 4. The molecule has 2 unspecified atom stereocenters. The summed E-state index contributed by atoms with van der Waals surface area (Å²) in [6.07, 6.45) is 0.451. The van der Waals surface area contributed by atoms with E-state index in [1.807, 2.05) is 24.3 Å². The summed E-state index contributed by atoms with van der Waals surface area (Å²) in [6.45, 7) is 0. The SMILES string of the molecule is N[C@@H](Cc1ccc(O)cc1)C(=O)Oc1ccc2c(c1)Oc1cc(O)ccc1C21OC(=O)c2ccccc21.N[C@@H](Cc1ccc(O)cc1)C(=O)Oc1ccc2c(c1)Oc1cc(O)ccc1C21OC(=O)c2ccccc21.O=P(O)(O)O. The quantitative estimate of drug-likeness (QED) is 0.0408. The number of aromatic hydroxyl groups is 4. The minimum absolute atomic E-state index is 0.0160. The van der Waals surface area contributed by atoms with Gasteiger partial charge in [-0.1, -0.05) is 60.7 Å². The molecule has 4 aliphatic rings. The monoisotopic (exact) mass is 1090 g/mol. The van der Waals surface area contributed by atoms with Crippen molar-refractivity contribution < 1.29 is 87.3 Å². The molecule has 2 spiro atoms. The molecular formula is C58H45N2O18P. The summed E-state index contributed by atoms with van der Waals surface area (Å²) < 4.78 is 44.2. The standard InChI is InChI=1S/2C29H21NO7.H3O4P/c2*30-24(13-16-5-7-17(31)8-6-16)28(34)35-19-10-12-23-26(15-19)36-25-14-18(32)9-11-22(25)29(23)21-4-2-1-3-20(21)27(33)37-29;1-5(2,3)4/h2*1-12,14-15,24,31-32H,13,30H2;(H3,1,2,3,4)/t2*24-,29?;/m00./s1. The third-order valence-corrected chi connectivity index (χ3v) is 13.2. The van der Waals surface area contributed by atoms with Crippen LogP contribution in [0.15, 0.2) is 170 Å². The zero-order valence-corrected chi connectivity index (χ0v) is 41.9. The Labute approximate surface area is 448 Å². The average molecular weight is 1090 g/mol. The Kier molecular flexibility index (Phi) is 13.9. The highest BCUT2D eigenvalue weighted by molar-refractivity contribution is 7.45. The molecule has 0 aromatic heterocycles. The molecule has 0 fully saturated rings. The number of carbonyl (C=O) groups is 4. The highest BCUT2D eigenvalue weighted by atomic mass is 31.2. The molecule has 20 nitrogen and oxygen atoms in total. The predicted octanol–water partition coefficient (Wildman–Crippen LogP) is 7.35. The van der Waals surface area contributed by atoms with Crippen LogP contribution in [0.3, 0.4) is 0 Å². The molecule has 21 heteroatoms. The largest absolute Gasteiger partial charge is 0.508 e. The molecule has 4 aliphatic heterocycles. The predicted molar refractivity (Wildman–Crippen MR) is 278 cm³/mol. The number of fused-ring (bicyclic) bond motifs is 12. The fourth-order valence-electron chi connectivity index (χ4n) is 9.74. The molecular weight excluding hydrogens is 1040 g/mol. The molecule has 0 saturated heterocycles. The van der Waals surface area contributed by atoms with E-state index in [0.717, 1.165) is 11.1 Å². The van der Waals surface area contributed by atoms with E-state index in [0.29, 0.717) is 67.5 Å². The van der Waals surface area contributed by atoms with Crippen molar-refractivity contribution in [2.24, 2.45) is 11.5 Å². The maximum Gasteiger partial charge on any atom is 0.466 e. The highest BCUT2D eigenvalue weighted by Crippen LogP contribution is 2.58. The van der Waals surface area contributed by atoms with Crippen molar-refractivity contribution in [2.45, 2.75) is 36.1 Å². The average Bonchev–Trinajstić information content (AvgIpc) is 2.96. The zero-order valence-electron chi connectivity index (χ0n) is 41.0. The highest BCUT2D eigenvalue weighted by Gasteiger charge is 2.55. The topological polar surface area (TPSA) is 334 Å². The number of hydrogen-bond acceptors (Lipinski definition) is 17. The van der Waals surface area contributed by atoms with Crippen molar-refractivity contribution in [1.82, 2.24) is 0 Å². The molecule has 8 aromatic rings. The first-order chi connectivity index (χ1) is 37.7. The molecule has 4 atom stereocenters. The van der Waals surface area contributed by atoms with E-state index in [9.17, 15) is 39.6 Å². The van der Waals surface area contributed by atoms with Gasteiger partial charge in [-0.25, -0.2) is 23.7 Å². The van der Waals surface area contributed by atoms with E-state index in [1.165, 1.54) is 60.7 Å². The number of nitrogens with two attached hydrogens (primary N) is 2. The van der Waals surface area contributed by atoms with Crippen LogP contribution in [0.25, 0.3) is 0 Å². The van der Waals surface area contributed by atoms with Gasteiger partial charge in [0.15, 0.2) is 11.2 Å². The molecule has 0 bridgehead atoms. The normalized spacial score (nSPS) is 17.3. The lowest BCUT2D eigenvalue weighted by Gasteiger charge is -2.36. The fourth-order valence-corrected chi connectivity index (χ4v) is 9.74. The summed E-state index contributed by atoms with van der Waals surface area (Å²) >= 11 is 0. The van der Waals surface area contributed by atoms with Crippen molar-refractivity contribution in [3.05, 3.63) is 225 Å². The van der Waals surface area contributed by atoms with Crippen LogP contribution in [0, 0.1) is 0 Å². The van der Waals surface area contributed by atoms with Crippen LogP contribution in [0.1, 0.15) is 65.2 Å². The van der Waals surface area contributed by atoms with Crippen molar-refractivity contribution in [1.29, 1.82) is 0 Å². The van der Waals surface area contributed by atoms with Gasteiger partial charge in [0.25, 0.3) is 0 Å². The van der Waals surface area contributed by atoms with Crippen molar-refractivity contribution in [2.75, 3.05) is 0 Å². The van der Waals surface area contributed by atoms with Gasteiger partial charge in [-0.15, -0.1) is 0 Å². The lowest BCUT2D eigenvalue weighted by Crippen LogP contribution is -2.36. The van der Waals surface area contributed by atoms with Crippen LogP contribution in [0.2, 0.25) is 0 Å². The minimum atomic E-state index is -4.64. The second-order valence-corrected chi connectivity index (χ2v) is 19.4. The number of phosphoric acid groups is 1. The van der Waals surface area contributed by atoms with Crippen LogP contribution in [-0.2, 0) is 47.7 Å². The van der Waals surface area contributed by atoms with Crippen LogP contribution in [0.4, 0.5) is 0 Å². The van der Waals surface area contributed by atoms with Crippen molar-refractivity contribution in [3.8, 4) is 57.5 Å². The third-order valence-electron chi connectivity index (χ3n) is 13.2. The summed E-state index contributed by atoms with van der Waals surface area (Å²) in [5, 5.41) is 39.1. The van der Waals surface area contributed by atoms with Crippen LogP contribution in [0.5, 0.6) is 57.5 Å². The van der Waals surface area contributed by atoms with Gasteiger partial charge in [-0.05, 0) is 109 Å². The summed E-state index contributed by atoms with van der Waals surface area (Å²) in [7, 11) is -4.64. The smallest absolute Gasteiger partial charge is 0.466 e. The molecule has 0 amide bonds. The number of carbonyl (C=O) groups excluding carboxylic acids is 4. The van der Waals surface area contributed by atoms with E-state index in [2.05, 4.69) is 0 Å². The molecule has 4 heterocycles. The first kappa shape index (κ1) is 52.9. The van der Waals surface area contributed by atoms with E-state index < -0.39 is 55.0 Å². The number of rotatable bonds is 8. The van der Waals surface area contributed by atoms with Gasteiger partial charge in [0.05, 0.1) is 11.1 Å². The zero-order chi connectivity index (χ0) is 56.0. The summed E-state index contributed by atoms with van der Waals surface area (Å²) in [6, 6.07) is 44.0. The van der Waals surface area contributed by atoms with Gasteiger partial charge in [-0.2, -0.15) is 0 Å². The van der Waals surface area contributed by atoms with E-state index >= 15 is 0 Å². The summed E-state index contributed by atoms with van der Waals surface area (Å²) in [5.41, 5.74) is 15.5. The maximum absolute atomic E-state index is 12.9. The van der Waals surface area contributed by atoms with Gasteiger partial charge >= 0.3 is 31.7 Å². The van der Waals surface area contributed by atoms with Crippen LogP contribution >= 0.6 is 7.82 Å². The second-order valence-electron chi connectivity index (χ2n) is 18.4. The number of benzene rings is 8. The molecule has 8 aromatic carbocycles. The molecule has 79 heavy (non-hydrogen) atoms. The van der Waals surface area contributed by atoms with E-state index in [4.69, 9.17) is 59.1 Å². The number of hydrogen-bond donors (Lipinski definition) is 9. The Balaban J connectivity index is 0.000000164. The Morgan fingerprint density at radius 3 is 1.14 bits per heavy atom. The van der Waals surface area contributed by atoms with Crippen LogP contribution < -0.4 is 30.4 Å². The molecule has 0 saturated carbocycles. The lowest BCUT2D eigenvalue weighted by molar-refractivity contribution is -0.136. The molecule has 0 aliphatic carbocycles. The van der Waals surface area contributed by atoms with Gasteiger partial charge in [0.1, 0.15) is 69.6 Å². The Morgan fingerprint density at radius 1 is 0.456 bits per heavy atom. The molecule has 11 N–H and O–H groups in total. The summed E-state index contributed by atoms with van der Waals surface area (Å²) in [5.74, 6) is -0.402. The molecule has 400 valence electrons. The van der Waals surface area contributed by atoms with E-state index in [-0.39, 0.29) is 47.3 Å². The van der Waals surface area contributed by atoms with Crippen molar-refractivity contribution >= 4 is 31.7 Å². The maximum atomic E-state index is 12.9. The van der Waals surface area contributed by atoms with Crippen molar-refractivity contribution in [3.63, 3.8) is 0 Å². The second kappa shape index (κ2) is 20.8. The number of ether oxygens (including phenoxy) is 6. The molecule has 12 rings (SSSR count). The Morgan fingerprint density at radius 2 is 0.772 bits per heavy atom. The lowest BCUT2D eigenvalue weighted by atomic mass is 9.77. The third kappa shape index (κ3) is 10.4. The first-order valence-electron chi connectivity index (χ1n) is 24.0. The Hall–Kier alpha value is -9.53. The fraction of sp³-hybridized carbons (Fsp3) is 0.103. The Bertz CT molecular complexity index is 3550. The van der Waals surface area contributed by atoms with Gasteiger partial charge in [0, 0.05) is 57.6 Å². The van der Waals surface area contributed by atoms with Gasteiger partial charge in [0.2, 0.25) is 0 Å². The molecule has 0 radical (unpaired) electrons. The number of esters is 4. The van der Waals surface area contributed by atoms with Gasteiger partial charge in [-0.3, -0.25) is 0 Å². The number of phenols is 4. The van der Waals surface area contributed by atoms with E-state index in [1.54, 1.807) is 84.9 Å². The minimum Gasteiger partial charge on any atom is -0.508 e. The summed E-state index contributed by atoms with van der Waals surface area (Å²) in [4.78, 5) is 72.7. The van der Waals surface area contributed by atoms with Crippen LogP contribution in [-0.4, -0.2) is 71.1 Å².